The van der Waals surface area contributed by atoms with Gasteiger partial charge in [0.15, 0.2) is 0 Å². The highest BCUT2D eigenvalue weighted by Gasteiger charge is 2.27. The molecule has 0 amide bonds. The van der Waals surface area contributed by atoms with E-state index >= 15 is 0 Å². The van der Waals surface area contributed by atoms with Crippen molar-refractivity contribution in [3.05, 3.63) is 39.2 Å². The Morgan fingerprint density at radius 3 is 2.81 bits per heavy atom. The lowest BCUT2D eigenvalue weighted by atomic mass is 9.89. The molecular formula is C17H20N2O2. The van der Waals surface area contributed by atoms with Crippen LogP contribution in [0, 0.1) is 0 Å². The zero-order chi connectivity index (χ0) is 14.4. The lowest BCUT2D eigenvalue weighted by Gasteiger charge is -2.37. The number of benzene rings is 1. The van der Waals surface area contributed by atoms with Gasteiger partial charge in [-0.25, -0.2) is 4.79 Å². The number of hydrogen-bond acceptors (Lipinski definition) is 4. The van der Waals surface area contributed by atoms with E-state index in [1.54, 1.807) is 6.07 Å². The van der Waals surface area contributed by atoms with E-state index in [1.807, 2.05) is 0 Å². The Bertz CT molecular complexity index is 761. The highest BCUT2D eigenvalue weighted by Crippen LogP contribution is 2.40. The molecule has 0 fully saturated rings. The van der Waals surface area contributed by atoms with Crippen LogP contribution in [0.4, 0.5) is 5.69 Å². The lowest BCUT2D eigenvalue weighted by Crippen LogP contribution is -2.34. The molecule has 0 saturated carbocycles. The number of aryl methyl sites for hydroxylation is 2. The van der Waals surface area contributed by atoms with E-state index in [1.165, 1.54) is 23.2 Å². The first kappa shape index (κ1) is 12.9. The largest absolute Gasteiger partial charge is 0.422 e. The normalized spacial score (nSPS) is 17.1. The van der Waals surface area contributed by atoms with Gasteiger partial charge in [-0.1, -0.05) is 0 Å². The van der Waals surface area contributed by atoms with Crippen molar-refractivity contribution in [3.8, 4) is 0 Å². The van der Waals surface area contributed by atoms with Crippen molar-refractivity contribution in [2.75, 3.05) is 24.5 Å². The maximum Gasteiger partial charge on any atom is 0.336 e. The van der Waals surface area contributed by atoms with Crippen LogP contribution in [0.1, 0.15) is 29.5 Å². The molecule has 0 unspecified atom stereocenters. The Kier molecular flexibility index (Phi) is 3.00. The van der Waals surface area contributed by atoms with Crippen LogP contribution >= 0.6 is 0 Å². The van der Waals surface area contributed by atoms with Crippen LogP contribution in [0.5, 0.6) is 0 Å². The first-order valence-corrected chi connectivity index (χ1v) is 7.84. The van der Waals surface area contributed by atoms with Gasteiger partial charge in [0, 0.05) is 35.8 Å². The quantitative estimate of drug-likeness (QED) is 0.857. The minimum absolute atomic E-state index is 0.255. The molecule has 1 aromatic heterocycles. The molecular weight excluding hydrogens is 264 g/mol. The summed E-state index contributed by atoms with van der Waals surface area (Å²) < 4.78 is 5.60. The Morgan fingerprint density at radius 1 is 1.19 bits per heavy atom. The number of rotatable bonds is 2. The molecule has 2 aliphatic rings. The molecule has 4 heteroatoms. The minimum atomic E-state index is -0.255. The van der Waals surface area contributed by atoms with Crippen LogP contribution < -0.4 is 16.3 Å². The lowest BCUT2D eigenvalue weighted by molar-refractivity contribution is 0.547. The fraction of sp³-hybridized carbons (Fsp3) is 0.471. The summed E-state index contributed by atoms with van der Waals surface area (Å²) in [7, 11) is 0. The van der Waals surface area contributed by atoms with Gasteiger partial charge >= 0.3 is 5.63 Å². The summed E-state index contributed by atoms with van der Waals surface area (Å²) in [5.74, 6) is 0. The van der Waals surface area contributed by atoms with Crippen LogP contribution in [0.3, 0.4) is 0 Å². The predicted octanol–water partition coefficient (Wildman–Crippen LogP) is 1.99. The second-order valence-corrected chi connectivity index (χ2v) is 6.06. The third kappa shape index (κ3) is 1.97. The van der Waals surface area contributed by atoms with Crippen molar-refractivity contribution >= 4 is 16.7 Å². The first-order valence-electron chi connectivity index (χ1n) is 7.84. The maximum atomic E-state index is 11.9. The molecule has 4 rings (SSSR count). The Morgan fingerprint density at radius 2 is 2.00 bits per heavy atom. The minimum Gasteiger partial charge on any atom is -0.422 e. The second-order valence-electron chi connectivity index (χ2n) is 6.06. The zero-order valence-corrected chi connectivity index (χ0v) is 12.2. The smallest absolute Gasteiger partial charge is 0.336 e. The van der Waals surface area contributed by atoms with Crippen molar-refractivity contribution in [2.24, 2.45) is 5.73 Å². The molecule has 0 aliphatic carbocycles. The molecule has 1 aromatic carbocycles. The number of fused-ring (bicyclic) bond motifs is 2. The van der Waals surface area contributed by atoms with Crippen molar-refractivity contribution in [1.29, 1.82) is 0 Å². The summed E-state index contributed by atoms with van der Waals surface area (Å²) in [5.41, 5.74) is 11.3. The van der Waals surface area contributed by atoms with Gasteiger partial charge in [0.1, 0.15) is 5.58 Å². The van der Waals surface area contributed by atoms with Crippen molar-refractivity contribution < 1.29 is 4.42 Å². The van der Waals surface area contributed by atoms with Gasteiger partial charge in [-0.3, -0.25) is 0 Å². The van der Waals surface area contributed by atoms with Crippen LogP contribution in [-0.4, -0.2) is 19.6 Å². The summed E-state index contributed by atoms with van der Waals surface area (Å²) in [5, 5.41) is 1.09. The number of anilines is 1. The van der Waals surface area contributed by atoms with Gasteiger partial charge in [-0.2, -0.15) is 0 Å². The molecule has 2 aliphatic heterocycles. The van der Waals surface area contributed by atoms with E-state index in [2.05, 4.69) is 11.0 Å². The highest BCUT2D eigenvalue weighted by atomic mass is 16.4. The molecule has 21 heavy (non-hydrogen) atoms. The number of nitrogens with two attached hydrogens (primary N) is 1. The fourth-order valence-corrected chi connectivity index (χ4v) is 3.90. The van der Waals surface area contributed by atoms with Gasteiger partial charge < -0.3 is 15.1 Å². The third-order valence-corrected chi connectivity index (χ3v) is 4.73. The van der Waals surface area contributed by atoms with Crippen LogP contribution in [0.15, 0.2) is 21.3 Å². The van der Waals surface area contributed by atoms with E-state index in [0.717, 1.165) is 55.3 Å². The molecule has 0 spiro atoms. The molecule has 0 saturated heterocycles. The van der Waals surface area contributed by atoms with Crippen LogP contribution in [0.25, 0.3) is 11.0 Å². The summed E-state index contributed by atoms with van der Waals surface area (Å²) in [6.07, 6.45) is 5.20. The zero-order valence-electron chi connectivity index (χ0n) is 12.2. The molecule has 2 N–H and O–H groups in total. The third-order valence-electron chi connectivity index (χ3n) is 4.73. The fourth-order valence-electron chi connectivity index (χ4n) is 3.90. The van der Waals surface area contributed by atoms with Gasteiger partial charge in [0.2, 0.25) is 0 Å². The van der Waals surface area contributed by atoms with Gasteiger partial charge in [0.25, 0.3) is 0 Å². The predicted molar refractivity (Wildman–Crippen MR) is 84.1 cm³/mol. The molecule has 0 bridgehead atoms. The monoisotopic (exact) mass is 284 g/mol. The van der Waals surface area contributed by atoms with Crippen LogP contribution in [0.2, 0.25) is 0 Å². The molecule has 4 nitrogen and oxygen atoms in total. The van der Waals surface area contributed by atoms with E-state index < -0.39 is 0 Å². The summed E-state index contributed by atoms with van der Waals surface area (Å²) in [6.45, 7) is 2.80. The average Bonchev–Trinajstić information content (AvgIpc) is 2.49. The summed E-state index contributed by atoms with van der Waals surface area (Å²) >= 11 is 0. The molecule has 110 valence electrons. The summed E-state index contributed by atoms with van der Waals surface area (Å²) in [6, 6.07) is 3.84. The van der Waals surface area contributed by atoms with Crippen molar-refractivity contribution in [3.63, 3.8) is 0 Å². The van der Waals surface area contributed by atoms with Gasteiger partial charge in [-0.05, 0) is 55.8 Å². The molecule has 0 radical (unpaired) electrons. The number of hydrogen-bond donors (Lipinski definition) is 1. The van der Waals surface area contributed by atoms with E-state index in [-0.39, 0.29) is 5.63 Å². The van der Waals surface area contributed by atoms with E-state index in [9.17, 15) is 4.79 Å². The van der Waals surface area contributed by atoms with Crippen molar-refractivity contribution in [1.82, 2.24) is 0 Å². The Hall–Kier alpha value is -1.81. The van der Waals surface area contributed by atoms with Crippen LogP contribution in [-0.2, 0) is 19.3 Å². The highest BCUT2D eigenvalue weighted by molar-refractivity contribution is 5.90. The molecule has 3 heterocycles. The average molecular weight is 284 g/mol. The standard InChI is InChI=1S/C17H20N2O2/c18-6-5-11-10-15(20)21-17-13-4-2-8-19-7-1-3-12(16(13)19)9-14(11)17/h9-10H,1-8,18H2. The van der Waals surface area contributed by atoms with Gasteiger partial charge in [-0.15, -0.1) is 0 Å². The number of nitrogens with zero attached hydrogens (tertiary/aromatic N) is 1. The van der Waals surface area contributed by atoms with Gasteiger partial charge in [0.05, 0.1) is 0 Å². The van der Waals surface area contributed by atoms with E-state index in [4.69, 9.17) is 10.2 Å². The molecule has 0 atom stereocenters. The maximum absolute atomic E-state index is 11.9. The summed E-state index contributed by atoms with van der Waals surface area (Å²) in [4.78, 5) is 14.4. The van der Waals surface area contributed by atoms with E-state index in [0.29, 0.717) is 6.54 Å². The van der Waals surface area contributed by atoms with Crippen molar-refractivity contribution in [2.45, 2.75) is 32.1 Å². The SMILES string of the molecule is NCCc1cc(=O)oc2c3c4c(cc12)CCCN4CCC3. The second kappa shape index (κ2) is 4.88. The first-order chi connectivity index (χ1) is 10.3. The Balaban J connectivity index is 2.07. The Labute approximate surface area is 123 Å². The molecule has 2 aromatic rings. The topological polar surface area (TPSA) is 59.5 Å².